The maximum Gasteiger partial charge on any atom is 0.256 e. The summed E-state index contributed by atoms with van der Waals surface area (Å²) in [6, 6.07) is 11.4. The van der Waals surface area contributed by atoms with Gasteiger partial charge in [0.2, 0.25) is 0 Å². The van der Waals surface area contributed by atoms with Crippen LogP contribution in [0.25, 0.3) is 5.95 Å². The number of benzene rings is 1. The molecule has 0 saturated heterocycles. The standard InChI is InChI=1S/C21H25N5O/c1-13-11-14(2)23-20(22-13)26-18(12-15(3)25-26)24-19(27)16-7-9-17(10-8-16)21(4,5)6/h7-12H,1-6H3,(H,24,27). The van der Waals surface area contributed by atoms with Crippen molar-refractivity contribution in [2.24, 2.45) is 0 Å². The van der Waals surface area contributed by atoms with Crippen LogP contribution in [0.5, 0.6) is 0 Å². The maximum atomic E-state index is 12.7. The molecule has 0 fully saturated rings. The fourth-order valence-corrected chi connectivity index (χ4v) is 2.85. The van der Waals surface area contributed by atoms with Gasteiger partial charge in [0.05, 0.1) is 5.69 Å². The average molecular weight is 363 g/mol. The first-order valence-electron chi connectivity index (χ1n) is 8.95. The van der Waals surface area contributed by atoms with Crippen molar-refractivity contribution in [3.63, 3.8) is 0 Å². The van der Waals surface area contributed by atoms with Crippen molar-refractivity contribution in [2.75, 3.05) is 5.32 Å². The summed E-state index contributed by atoms with van der Waals surface area (Å²) >= 11 is 0. The third kappa shape index (κ3) is 4.22. The minimum atomic E-state index is -0.194. The van der Waals surface area contributed by atoms with E-state index in [-0.39, 0.29) is 11.3 Å². The number of hydrogen-bond donors (Lipinski definition) is 1. The zero-order valence-electron chi connectivity index (χ0n) is 16.7. The van der Waals surface area contributed by atoms with Crippen LogP contribution >= 0.6 is 0 Å². The highest BCUT2D eigenvalue weighted by molar-refractivity contribution is 6.04. The third-order valence-electron chi connectivity index (χ3n) is 4.25. The molecule has 2 aromatic heterocycles. The van der Waals surface area contributed by atoms with Crippen molar-refractivity contribution in [1.82, 2.24) is 19.7 Å². The molecule has 0 aliphatic carbocycles. The van der Waals surface area contributed by atoms with Gasteiger partial charge in [-0.2, -0.15) is 9.78 Å². The Balaban J connectivity index is 1.89. The van der Waals surface area contributed by atoms with Crippen molar-refractivity contribution in [2.45, 2.75) is 47.0 Å². The van der Waals surface area contributed by atoms with Crippen molar-refractivity contribution in [3.8, 4) is 5.95 Å². The van der Waals surface area contributed by atoms with E-state index < -0.39 is 0 Å². The second-order valence-corrected chi connectivity index (χ2v) is 7.81. The van der Waals surface area contributed by atoms with E-state index in [0.717, 1.165) is 17.1 Å². The molecule has 2 heterocycles. The Kier molecular flexibility index (Phi) is 4.83. The zero-order chi connectivity index (χ0) is 19.8. The fourth-order valence-electron chi connectivity index (χ4n) is 2.85. The molecule has 27 heavy (non-hydrogen) atoms. The topological polar surface area (TPSA) is 72.7 Å². The van der Waals surface area contributed by atoms with Crippen LogP contribution < -0.4 is 5.32 Å². The number of nitrogens with zero attached hydrogens (tertiary/aromatic N) is 4. The number of carbonyl (C=O) groups is 1. The number of carbonyl (C=O) groups excluding carboxylic acids is 1. The third-order valence-corrected chi connectivity index (χ3v) is 4.25. The normalized spacial score (nSPS) is 11.5. The summed E-state index contributed by atoms with van der Waals surface area (Å²) in [5, 5.41) is 7.36. The van der Waals surface area contributed by atoms with E-state index in [1.165, 1.54) is 5.56 Å². The largest absolute Gasteiger partial charge is 0.306 e. The summed E-state index contributed by atoms with van der Waals surface area (Å²) in [6.45, 7) is 12.1. The second-order valence-electron chi connectivity index (χ2n) is 7.81. The molecule has 0 saturated carbocycles. The highest BCUT2D eigenvalue weighted by atomic mass is 16.1. The molecule has 140 valence electrons. The minimum absolute atomic E-state index is 0.0467. The Morgan fingerprint density at radius 1 is 0.926 bits per heavy atom. The van der Waals surface area contributed by atoms with E-state index in [4.69, 9.17) is 0 Å². The average Bonchev–Trinajstić information content (AvgIpc) is 2.93. The summed E-state index contributed by atoms with van der Waals surface area (Å²) in [4.78, 5) is 21.6. The molecule has 1 N–H and O–H groups in total. The van der Waals surface area contributed by atoms with Gasteiger partial charge in [-0.3, -0.25) is 4.79 Å². The first-order chi connectivity index (χ1) is 12.6. The van der Waals surface area contributed by atoms with Gasteiger partial charge in [-0.05, 0) is 49.9 Å². The van der Waals surface area contributed by atoms with Crippen molar-refractivity contribution < 1.29 is 4.79 Å². The van der Waals surface area contributed by atoms with Crippen LogP contribution in [0.15, 0.2) is 36.4 Å². The van der Waals surface area contributed by atoms with Gasteiger partial charge in [-0.25, -0.2) is 9.97 Å². The molecular formula is C21H25N5O. The van der Waals surface area contributed by atoms with Gasteiger partial charge in [0.25, 0.3) is 11.9 Å². The van der Waals surface area contributed by atoms with Crippen LogP contribution in [0.4, 0.5) is 5.82 Å². The second kappa shape index (κ2) is 6.95. The van der Waals surface area contributed by atoms with E-state index in [1.54, 1.807) is 4.68 Å². The fraction of sp³-hybridized carbons (Fsp3) is 0.333. The van der Waals surface area contributed by atoms with E-state index in [9.17, 15) is 4.79 Å². The number of aromatic nitrogens is 4. The van der Waals surface area contributed by atoms with Crippen LogP contribution in [0, 0.1) is 20.8 Å². The number of hydrogen-bond acceptors (Lipinski definition) is 4. The summed E-state index contributed by atoms with van der Waals surface area (Å²) in [5.74, 6) is 0.794. The molecule has 3 rings (SSSR count). The number of aryl methyl sites for hydroxylation is 3. The Bertz CT molecular complexity index is 961. The molecule has 0 radical (unpaired) electrons. The number of anilines is 1. The first-order valence-corrected chi connectivity index (χ1v) is 8.95. The molecular weight excluding hydrogens is 338 g/mol. The highest BCUT2D eigenvalue weighted by Gasteiger charge is 2.17. The molecule has 0 bridgehead atoms. The van der Waals surface area contributed by atoms with Gasteiger partial charge in [0, 0.05) is 23.0 Å². The summed E-state index contributed by atoms with van der Waals surface area (Å²) < 4.78 is 1.57. The molecule has 6 heteroatoms. The van der Waals surface area contributed by atoms with Gasteiger partial charge < -0.3 is 5.32 Å². The lowest BCUT2D eigenvalue weighted by atomic mass is 9.87. The predicted molar refractivity (Wildman–Crippen MR) is 106 cm³/mol. The Labute approximate surface area is 159 Å². The molecule has 3 aromatic rings. The van der Waals surface area contributed by atoms with E-state index in [1.807, 2.05) is 57.2 Å². The van der Waals surface area contributed by atoms with Gasteiger partial charge in [0.15, 0.2) is 0 Å². The first kappa shape index (κ1) is 18.8. The lowest BCUT2D eigenvalue weighted by Gasteiger charge is -2.19. The number of rotatable bonds is 3. The molecule has 0 spiro atoms. The molecule has 0 aliphatic rings. The van der Waals surface area contributed by atoms with Gasteiger partial charge in [-0.1, -0.05) is 32.9 Å². The van der Waals surface area contributed by atoms with Crippen molar-refractivity contribution in [1.29, 1.82) is 0 Å². The highest BCUT2D eigenvalue weighted by Crippen LogP contribution is 2.23. The van der Waals surface area contributed by atoms with Crippen molar-refractivity contribution in [3.05, 3.63) is 64.6 Å². The molecule has 0 atom stereocenters. The predicted octanol–water partition coefficient (Wildman–Crippen LogP) is 4.14. The van der Waals surface area contributed by atoms with E-state index in [2.05, 4.69) is 41.2 Å². The van der Waals surface area contributed by atoms with E-state index in [0.29, 0.717) is 17.3 Å². The van der Waals surface area contributed by atoms with Gasteiger partial charge in [-0.15, -0.1) is 0 Å². The van der Waals surface area contributed by atoms with Crippen molar-refractivity contribution >= 4 is 11.7 Å². The molecule has 1 amide bonds. The lowest BCUT2D eigenvalue weighted by Crippen LogP contribution is -2.17. The molecule has 0 unspecified atom stereocenters. The van der Waals surface area contributed by atoms with Gasteiger partial charge >= 0.3 is 0 Å². The molecule has 0 aliphatic heterocycles. The SMILES string of the molecule is Cc1cc(C)nc(-n2nc(C)cc2NC(=O)c2ccc(C(C)(C)C)cc2)n1. The Morgan fingerprint density at radius 3 is 2.07 bits per heavy atom. The Morgan fingerprint density at radius 2 is 1.52 bits per heavy atom. The lowest BCUT2D eigenvalue weighted by molar-refractivity contribution is 0.102. The summed E-state index contributed by atoms with van der Waals surface area (Å²) in [7, 11) is 0. The Hall–Kier alpha value is -3.02. The summed E-state index contributed by atoms with van der Waals surface area (Å²) in [6.07, 6.45) is 0. The summed E-state index contributed by atoms with van der Waals surface area (Å²) in [5.41, 5.74) is 4.29. The van der Waals surface area contributed by atoms with Crippen LogP contribution in [0.1, 0.15) is 53.8 Å². The van der Waals surface area contributed by atoms with Crippen LogP contribution in [-0.4, -0.2) is 25.7 Å². The smallest absolute Gasteiger partial charge is 0.256 e. The van der Waals surface area contributed by atoms with Gasteiger partial charge in [0.1, 0.15) is 5.82 Å². The van der Waals surface area contributed by atoms with Crippen LogP contribution in [-0.2, 0) is 5.41 Å². The van der Waals surface area contributed by atoms with Crippen LogP contribution in [0.3, 0.4) is 0 Å². The minimum Gasteiger partial charge on any atom is -0.306 e. The number of nitrogens with one attached hydrogen (secondary N) is 1. The molecule has 1 aromatic carbocycles. The van der Waals surface area contributed by atoms with E-state index >= 15 is 0 Å². The van der Waals surface area contributed by atoms with Crippen LogP contribution in [0.2, 0.25) is 0 Å². The monoisotopic (exact) mass is 363 g/mol. The molecule has 6 nitrogen and oxygen atoms in total. The number of amides is 1. The quantitative estimate of drug-likeness (QED) is 0.759. The maximum absolute atomic E-state index is 12.7. The zero-order valence-corrected chi connectivity index (χ0v) is 16.7.